The van der Waals surface area contributed by atoms with Crippen LogP contribution in [0.25, 0.3) is 28.1 Å². The average molecular weight is 449 g/mol. The molecule has 1 saturated heterocycles. The zero-order valence-electron chi connectivity index (χ0n) is 18.4. The summed E-state index contributed by atoms with van der Waals surface area (Å²) in [6, 6.07) is 9.77. The number of hydrogen-bond donors (Lipinski definition) is 2. The van der Waals surface area contributed by atoms with Crippen molar-refractivity contribution in [3.63, 3.8) is 0 Å². The molecule has 9 nitrogen and oxygen atoms in total. The number of halogens is 1. The van der Waals surface area contributed by atoms with E-state index in [9.17, 15) is 0 Å². The van der Waals surface area contributed by atoms with Crippen LogP contribution in [0.3, 0.4) is 0 Å². The molecule has 4 aromatic rings. The molecule has 1 fully saturated rings. The number of hydrogen-bond acceptors (Lipinski definition) is 8. The Kier molecular flexibility index (Phi) is 4.75. The monoisotopic (exact) mass is 448 g/mol. The van der Waals surface area contributed by atoms with Crippen molar-refractivity contribution in [2.24, 2.45) is 0 Å². The third-order valence-corrected chi connectivity index (χ3v) is 6.50. The number of aromatic nitrogens is 5. The topological polar surface area (TPSA) is 92.5 Å². The standard InChI is InChI=1S/C23H25FN8O/c1-31-11-12-33-20-18(31)13-27-32-21(29-30-22(20)32)17-6-5-15-3-2-4-16(19(15)28-17)26-14-23(24)7-9-25-10-8-23/h2-6,13,25-26H,7-12,14H2,1H3. The zero-order chi connectivity index (χ0) is 22.4. The van der Waals surface area contributed by atoms with Gasteiger partial charge in [-0.05, 0) is 38.1 Å². The van der Waals surface area contributed by atoms with Crippen LogP contribution >= 0.6 is 0 Å². The van der Waals surface area contributed by atoms with E-state index in [2.05, 4.69) is 30.8 Å². The predicted molar refractivity (Wildman–Crippen MR) is 125 cm³/mol. The number of nitrogens with zero attached hydrogens (tertiary/aromatic N) is 6. The third-order valence-electron chi connectivity index (χ3n) is 6.50. The summed E-state index contributed by atoms with van der Waals surface area (Å²) in [5, 5.41) is 20.7. The lowest BCUT2D eigenvalue weighted by Gasteiger charge is -2.30. The van der Waals surface area contributed by atoms with Gasteiger partial charge in [0, 0.05) is 19.0 Å². The molecule has 6 rings (SSSR count). The van der Waals surface area contributed by atoms with Crippen LogP contribution < -0.4 is 20.3 Å². The highest BCUT2D eigenvalue weighted by Crippen LogP contribution is 2.34. The molecule has 170 valence electrons. The Morgan fingerprint density at radius 3 is 2.94 bits per heavy atom. The van der Waals surface area contributed by atoms with Crippen LogP contribution in [0.1, 0.15) is 12.8 Å². The van der Waals surface area contributed by atoms with Crippen molar-refractivity contribution >= 4 is 27.9 Å². The van der Waals surface area contributed by atoms with Gasteiger partial charge in [-0.15, -0.1) is 10.2 Å². The minimum atomic E-state index is -1.22. The molecule has 0 atom stereocenters. The number of anilines is 2. The van der Waals surface area contributed by atoms with E-state index in [1.54, 1.807) is 10.7 Å². The second kappa shape index (κ2) is 7.80. The van der Waals surface area contributed by atoms with Crippen molar-refractivity contribution in [2.75, 3.05) is 50.1 Å². The Hall–Kier alpha value is -3.53. The number of fused-ring (bicyclic) bond motifs is 4. The number of rotatable bonds is 4. The highest BCUT2D eigenvalue weighted by Gasteiger charge is 2.31. The van der Waals surface area contributed by atoms with Gasteiger partial charge in [0.2, 0.25) is 11.5 Å². The number of benzene rings is 1. The van der Waals surface area contributed by atoms with Crippen molar-refractivity contribution in [2.45, 2.75) is 18.5 Å². The SMILES string of the molecule is CN1CCOc2c1cnn1c(-c3ccc4cccc(NCC5(F)CCNCC5)c4n3)nnc21. The van der Waals surface area contributed by atoms with Crippen LogP contribution in [0, 0.1) is 0 Å². The largest absolute Gasteiger partial charge is 0.486 e. The minimum Gasteiger partial charge on any atom is -0.486 e. The van der Waals surface area contributed by atoms with Crippen molar-refractivity contribution in [1.82, 2.24) is 30.1 Å². The minimum absolute atomic E-state index is 0.256. The van der Waals surface area contributed by atoms with Crippen LogP contribution in [0.2, 0.25) is 0 Å². The first-order valence-electron chi connectivity index (χ1n) is 11.2. The maximum absolute atomic E-state index is 15.1. The third kappa shape index (κ3) is 3.50. The van der Waals surface area contributed by atoms with Crippen molar-refractivity contribution in [3.05, 3.63) is 36.5 Å². The van der Waals surface area contributed by atoms with Gasteiger partial charge < -0.3 is 20.3 Å². The summed E-state index contributed by atoms with van der Waals surface area (Å²) in [5.41, 5.74) is 2.44. The van der Waals surface area contributed by atoms with Crippen molar-refractivity contribution in [1.29, 1.82) is 0 Å². The van der Waals surface area contributed by atoms with E-state index in [4.69, 9.17) is 9.72 Å². The lowest BCUT2D eigenvalue weighted by Crippen LogP contribution is -2.43. The van der Waals surface area contributed by atoms with Crippen LogP contribution in [0.5, 0.6) is 5.75 Å². The Labute approximate surface area is 190 Å². The molecule has 0 radical (unpaired) electrons. The van der Waals surface area contributed by atoms with Crippen LogP contribution in [-0.2, 0) is 0 Å². The fourth-order valence-electron chi connectivity index (χ4n) is 4.51. The predicted octanol–water partition coefficient (Wildman–Crippen LogP) is 2.67. The highest BCUT2D eigenvalue weighted by molar-refractivity contribution is 5.91. The number of pyridine rings is 1. The molecule has 0 amide bonds. The summed E-state index contributed by atoms with van der Waals surface area (Å²) in [5.74, 6) is 1.21. The Bertz CT molecular complexity index is 1330. The maximum atomic E-state index is 15.1. The van der Waals surface area contributed by atoms with Gasteiger partial charge in [-0.1, -0.05) is 18.2 Å². The van der Waals surface area contributed by atoms with Gasteiger partial charge in [0.15, 0.2) is 5.75 Å². The molecule has 2 N–H and O–H groups in total. The molecule has 2 aliphatic heterocycles. The fourth-order valence-corrected chi connectivity index (χ4v) is 4.51. The van der Waals surface area contributed by atoms with E-state index in [1.165, 1.54) is 0 Å². The van der Waals surface area contributed by atoms with Gasteiger partial charge in [-0.2, -0.15) is 9.61 Å². The van der Waals surface area contributed by atoms with Gasteiger partial charge >= 0.3 is 0 Å². The molecule has 0 aliphatic carbocycles. The second-order valence-electron chi connectivity index (χ2n) is 8.72. The van der Waals surface area contributed by atoms with Crippen LogP contribution in [0.4, 0.5) is 15.8 Å². The Morgan fingerprint density at radius 2 is 2.06 bits per heavy atom. The molecule has 10 heteroatoms. The number of piperidine rings is 1. The van der Waals surface area contributed by atoms with Crippen molar-refractivity contribution < 1.29 is 9.13 Å². The lowest BCUT2D eigenvalue weighted by atomic mass is 9.94. The molecule has 0 bridgehead atoms. The molecule has 0 unspecified atom stereocenters. The van der Waals surface area contributed by atoms with Crippen molar-refractivity contribution in [3.8, 4) is 17.3 Å². The Morgan fingerprint density at radius 1 is 1.18 bits per heavy atom. The number of ether oxygens (including phenoxy) is 1. The number of likely N-dealkylation sites (N-methyl/N-ethyl adjacent to an activating group) is 1. The molecule has 0 saturated carbocycles. The van der Waals surface area contributed by atoms with Gasteiger partial charge in [-0.25, -0.2) is 9.37 Å². The van der Waals surface area contributed by atoms with E-state index >= 15 is 4.39 Å². The molecule has 3 aromatic heterocycles. The van der Waals surface area contributed by atoms with Gasteiger partial charge in [0.05, 0.1) is 23.9 Å². The quantitative estimate of drug-likeness (QED) is 0.492. The van der Waals surface area contributed by atoms with Gasteiger partial charge in [0.25, 0.3) is 0 Å². The summed E-state index contributed by atoms with van der Waals surface area (Å²) in [7, 11) is 2.00. The van der Waals surface area contributed by atoms with Crippen LogP contribution in [-0.4, -0.2) is 70.3 Å². The van der Waals surface area contributed by atoms with E-state index in [-0.39, 0.29) is 6.54 Å². The number of alkyl halides is 1. The molecule has 33 heavy (non-hydrogen) atoms. The first-order chi connectivity index (χ1) is 16.1. The number of nitrogens with one attached hydrogen (secondary N) is 2. The molecule has 5 heterocycles. The summed E-state index contributed by atoms with van der Waals surface area (Å²) in [4.78, 5) is 6.96. The maximum Gasteiger partial charge on any atom is 0.222 e. The molecular formula is C23H25FN8O. The normalized spacial score (nSPS) is 17.7. The second-order valence-corrected chi connectivity index (χ2v) is 8.72. The summed E-state index contributed by atoms with van der Waals surface area (Å²) in [6.07, 6.45) is 2.77. The lowest BCUT2D eigenvalue weighted by molar-refractivity contribution is 0.131. The molecule has 1 aromatic carbocycles. The number of para-hydroxylation sites is 1. The van der Waals surface area contributed by atoms with Gasteiger partial charge in [0.1, 0.15) is 23.7 Å². The molecular weight excluding hydrogens is 423 g/mol. The van der Waals surface area contributed by atoms with Gasteiger partial charge in [-0.3, -0.25) is 0 Å². The summed E-state index contributed by atoms with van der Waals surface area (Å²) < 4.78 is 22.7. The fraction of sp³-hybridized carbons (Fsp3) is 0.391. The highest BCUT2D eigenvalue weighted by atomic mass is 19.1. The van der Waals surface area contributed by atoms with Crippen LogP contribution in [0.15, 0.2) is 36.5 Å². The summed E-state index contributed by atoms with van der Waals surface area (Å²) >= 11 is 0. The Balaban J connectivity index is 1.37. The average Bonchev–Trinajstić information content (AvgIpc) is 3.28. The van der Waals surface area contributed by atoms with E-state index in [0.717, 1.165) is 28.8 Å². The van der Waals surface area contributed by atoms with E-state index < -0.39 is 5.67 Å². The van der Waals surface area contributed by atoms with E-state index in [0.29, 0.717) is 55.5 Å². The zero-order valence-corrected chi connectivity index (χ0v) is 18.4. The smallest absolute Gasteiger partial charge is 0.222 e. The molecule has 2 aliphatic rings. The first kappa shape index (κ1) is 20.1. The van der Waals surface area contributed by atoms with E-state index in [1.807, 2.05) is 37.4 Å². The summed E-state index contributed by atoms with van der Waals surface area (Å²) in [6.45, 7) is 3.04. The molecule has 0 spiro atoms. The first-order valence-corrected chi connectivity index (χ1v) is 11.2.